The van der Waals surface area contributed by atoms with Crippen LogP contribution in [-0.2, 0) is 11.2 Å². The van der Waals surface area contributed by atoms with Gasteiger partial charge in [-0.05, 0) is 32.2 Å². The lowest BCUT2D eigenvalue weighted by atomic mass is 10.1. The van der Waals surface area contributed by atoms with E-state index in [1.165, 1.54) is 36.0 Å². The van der Waals surface area contributed by atoms with Crippen molar-refractivity contribution in [2.24, 2.45) is 0 Å². The number of benzene rings is 1. The monoisotopic (exact) mass is 372 g/mol. The Balaban J connectivity index is 1.81. The molecule has 1 aromatic carbocycles. The van der Waals surface area contributed by atoms with Gasteiger partial charge in [0.25, 0.3) is 11.5 Å². The highest BCUT2D eigenvalue weighted by Gasteiger charge is 2.16. The quantitative estimate of drug-likeness (QED) is 0.416. The Kier molecular flexibility index (Phi) is 4.85. The van der Waals surface area contributed by atoms with Crippen LogP contribution in [-0.4, -0.2) is 36.7 Å². The Hall–Kier alpha value is -3.01. The molecule has 26 heavy (non-hydrogen) atoms. The van der Waals surface area contributed by atoms with Crippen LogP contribution in [0.1, 0.15) is 17.0 Å². The number of aromatic nitrogens is 4. The van der Waals surface area contributed by atoms with Crippen LogP contribution in [0.5, 0.6) is 0 Å². The minimum atomic E-state index is -0.486. The molecule has 0 saturated carbocycles. The van der Waals surface area contributed by atoms with Crippen molar-refractivity contribution < 1.29 is 9.72 Å². The van der Waals surface area contributed by atoms with Crippen molar-refractivity contribution in [3.63, 3.8) is 0 Å². The molecule has 0 spiro atoms. The first-order chi connectivity index (χ1) is 12.4. The number of thioether (sulfide) groups is 1. The van der Waals surface area contributed by atoms with Crippen molar-refractivity contribution in [1.29, 1.82) is 0 Å². The number of nitrogens with one attached hydrogen (secondary N) is 1. The predicted octanol–water partition coefficient (Wildman–Crippen LogP) is 2.55. The lowest BCUT2D eigenvalue weighted by Crippen LogP contribution is -2.17. The van der Waals surface area contributed by atoms with E-state index in [0.29, 0.717) is 22.3 Å². The lowest BCUT2D eigenvalue weighted by Gasteiger charge is -2.10. The highest BCUT2D eigenvalue weighted by Crippen LogP contribution is 2.19. The van der Waals surface area contributed by atoms with Gasteiger partial charge in [0.15, 0.2) is 0 Å². The average Bonchev–Trinajstić information content (AvgIpc) is 3.02. The molecule has 3 aromatic rings. The summed E-state index contributed by atoms with van der Waals surface area (Å²) in [5.41, 5.74) is 2.76. The fourth-order valence-corrected chi connectivity index (χ4v) is 2.90. The zero-order chi connectivity index (χ0) is 18.8. The van der Waals surface area contributed by atoms with E-state index in [0.717, 1.165) is 11.3 Å². The van der Waals surface area contributed by atoms with E-state index >= 15 is 0 Å². The maximum atomic E-state index is 12.4. The van der Waals surface area contributed by atoms with Crippen LogP contribution in [0, 0.1) is 24.0 Å². The zero-order valence-electron chi connectivity index (χ0n) is 14.4. The van der Waals surface area contributed by atoms with Crippen molar-refractivity contribution in [2.75, 3.05) is 11.6 Å². The van der Waals surface area contributed by atoms with Crippen LogP contribution >= 0.6 is 11.8 Å². The van der Waals surface area contributed by atoms with Crippen molar-refractivity contribution in [3.8, 4) is 0 Å². The van der Waals surface area contributed by atoms with Gasteiger partial charge in [0, 0.05) is 34.8 Å². The van der Waals surface area contributed by atoms with E-state index in [9.17, 15) is 14.9 Å². The molecule has 2 aromatic heterocycles. The number of hydrogen-bond donors (Lipinski definition) is 1. The molecule has 1 N–H and O–H groups in total. The van der Waals surface area contributed by atoms with Crippen molar-refractivity contribution >= 4 is 34.8 Å². The second-order valence-electron chi connectivity index (χ2n) is 5.60. The number of nitro benzene ring substituents is 1. The number of non-ortho nitro benzene ring substituents is 1. The molecule has 0 bridgehead atoms. The van der Waals surface area contributed by atoms with Gasteiger partial charge in [-0.2, -0.15) is 4.98 Å². The number of nitrogens with zero attached hydrogens (tertiary/aromatic N) is 5. The fourth-order valence-electron chi connectivity index (χ4n) is 2.56. The zero-order valence-corrected chi connectivity index (χ0v) is 15.2. The van der Waals surface area contributed by atoms with E-state index in [2.05, 4.69) is 20.4 Å². The summed E-state index contributed by atoms with van der Waals surface area (Å²) in [6.45, 7) is 3.70. The van der Waals surface area contributed by atoms with Gasteiger partial charge in [-0.3, -0.25) is 14.9 Å². The average molecular weight is 372 g/mol. The number of carbonyl (C=O) groups is 1. The van der Waals surface area contributed by atoms with E-state index in [-0.39, 0.29) is 18.0 Å². The number of anilines is 1. The summed E-state index contributed by atoms with van der Waals surface area (Å²) in [6, 6.07) is 5.69. The fraction of sp³-hybridized carbons (Fsp3) is 0.250. The first-order valence-electron chi connectivity index (χ1n) is 7.70. The third-order valence-electron chi connectivity index (χ3n) is 3.91. The maximum absolute atomic E-state index is 12.4. The van der Waals surface area contributed by atoms with Gasteiger partial charge in [0.05, 0.1) is 11.3 Å². The van der Waals surface area contributed by atoms with E-state index in [1.54, 1.807) is 4.52 Å². The Labute approximate surface area is 153 Å². The smallest absolute Gasteiger partial charge is 0.269 e. The topological polar surface area (TPSA) is 115 Å². The SMILES string of the molecule is CSc1nc2nc(C)c(CC(=O)Nc3ccc([N+](=O)[O-])cc3)c(C)n2n1. The summed E-state index contributed by atoms with van der Waals surface area (Å²) in [4.78, 5) is 31.3. The van der Waals surface area contributed by atoms with Crippen LogP contribution in [0.15, 0.2) is 29.4 Å². The minimum absolute atomic E-state index is 0.0277. The molecule has 9 nitrogen and oxygen atoms in total. The molecular weight excluding hydrogens is 356 g/mol. The number of rotatable bonds is 5. The molecule has 0 aliphatic carbocycles. The van der Waals surface area contributed by atoms with Crippen molar-refractivity contribution in [1.82, 2.24) is 19.6 Å². The Morgan fingerprint density at radius 1 is 1.27 bits per heavy atom. The molecule has 0 aliphatic heterocycles. The van der Waals surface area contributed by atoms with Gasteiger partial charge in [0.2, 0.25) is 11.1 Å². The summed E-state index contributed by atoms with van der Waals surface area (Å²) in [5.74, 6) is 0.264. The van der Waals surface area contributed by atoms with Gasteiger partial charge in [0.1, 0.15) is 0 Å². The minimum Gasteiger partial charge on any atom is -0.326 e. The molecular formula is C16H16N6O3S. The number of amides is 1. The Bertz CT molecular complexity index is 999. The van der Waals surface area contributed by atoms with Crippen LogP contribution < -0.4 is 5.32 Å². The summed E-state index contributed by atoms with van der Waals surface area (Å²) < 4.78 is 1.63. The predicted molar refractivity (Wildman–Crippen MR) is 97.5 cm³/mol. The largest absolute Gasteiger partial charge is 0.326 e. The number of carbonyl (C=O) groups excluding carboxylic acids is 1. The molecule has 3 rings (SSSR count). The Morgan fingerprint density at radius 2 is 1.96 bits per heavy atom. The van der Waals surface area contributed by atoms with E-state index in [1.807, 2.05) is 20.1 Å². The molecule has 2 heterocycles. The standard InChI is InChI=1S/C16H16N6O3S/c1-9-13(10(2)21-15(17-9)19-16(20-21)26-3)8-14(23)18-11-4-6-12(7-5-11)22(24)25/h4-7H,8H2,1-3H3,(H,18,23). The number of fused-ring (bicyclic) bond motifs is 1. The molecule has 0 radical (unpaired) electrons. The lowest BCUT2D eigenvalue weighted by molar-refractivity contribution is -0.384. The highest BCUT2D eigenvalue weighted by molar-refractivity contribution is 7.98. The summed E-state index contributed by atoms with van der Waals surface area (Å²) in [7, 11) is 0. The van der Waals surface area contributed by atoms with Gasteiger partial charge in [-0.25, -0.2) is 9.50 Å². The van der Waals surface area contributed by atoms with Gasteiger partial charge >= 0.3 is 0 Å². The summed E-state index contributed by atoms with van der Waals surface area (Å²) in [5, 5.41) is 18.4. The first kappa shape index (κ1) is 17.8. The van der Waals surface area contributed by atoms with Gasteiger partial charge < -0.3 is 5.32 Å². The van der Waals surface area contributed by atoms with E-state index < -0.39 is 4.92 Å². The molecule has 134 valence electrons. The number of aryl methyl sites for hydroxylation is 2. The second kappa shape index (κ2) is 7.08. The summed E-state index contributed by atoms with van der Waals surface area (Å²) in [6.07, 6.45) is 2.00. The molecule has 1 amide bonds. The molecule has 0 unspecified atom stereocenters. The maximum Gasteiger partial charge on any atom is 0.269 e. The molecule has 0 atom stereocenters. The first-order valence-corrected chi connectivity index (χ1v) is 8.92. The third kappa shape index (κ3) is 3.49. The molecule has 10 heteroatoms. The highest BCUT2D eigenvalue weighted by atomic mass is 32.2. The van der Waals surface area contributed by atoms with E-state index in [4.69, 9.17) is 0 Å². The number of nitro groups is 1. The van der Waals surface area contributed by atoms with Crippen LogP contribution in [0.2, 0.25) is 0 Å². The normalized spacial score (nSPS) is 10.9. The van der Waals surface area contributed by atoms with Crippen LogP contribution in [0.4, 0.5) is 11.4 Å². The van der Waals surface area contributed by atoms with Crippen molar-refractivity contribution in [3.05, 3.63) is 51.3 Å². The molecule has 0 saturated heterocycles. The van der Waals surface area contributed by atoms with Gasteiger partial charge in [-0.15, -0.1) is 5.10 Å². The molecule has 0 fully saturated rings. The van der Waals surface area contributed by atoms with Crippen LogP contribution in [0.25, 0.3) is 5.78 Å². The second-order valence-corrected chi connectivity index (χ2v) is 6.37. The Morgan fingerprint density at radius 3 is 2.58 bits per heavy atom. The van der Waals surface area contributed by atoms with Crippen LogP contribution in [0.3, 0.4) is 0 Å². The number of hydrogen-bond acceptors (Lipinski definition) is 7. The molecule has 0 aliphatic rings. The van der Waals surface area contributed by atoms with Gasteiger partial charge in [-0.1, -0.05) is 11.8 Å². The third-order valence-corrected chi connectivity index (χ3v) is 4.45. The van der Waals surface area contributed by atoms with Crippen molar-refractivity contribution in [2.45, 2.75) is 25.4 Å². The summed E-state index contributed by atoms with van der Waals surface area (Å²) >= 11 is 1.42.